The third kappa shape index (κ3) is 4.69. The van der Waals surface area contributed by atoms with Crippen LogP contribution >= 0.6 is 11.6 Å². The van der Waals surface area contributed by atoms with Gasteiger partial charge < -0.3 is 15.2 Å². The standard InChI is InChI=1S/C23H21ClFN7O/c24-18-10-27-20(31-23(33)15-4-2-6-26-9-15)8-17(18)19-11-28-21-22(30-19)32(13-29-21)12-14-3-1-5-16(25)7-14/h1,3,5,7-8,10-11,13,15,26H,2,4,6,9,12H2,(H,27,31,33). The van der Waals surface area contributed by atoms with E-state index in [-0.39, 0.29) is 17.6 Å². The van der Waals surface area contributed by atoms with Gasteiger partial charge in [-0.3, -0.25) is 4.79 Å². The van der Waals surface area contributed by atoms with Crippen molar-refractivity contribution in [3.05, 3.63) is 65.5 Å². The monoisotopic (exact) mass is 465 g/mol. The first kappa shape index (κ1) is 21.4. The topological polar surface area (TPSA) is 97.6 Å². The Morgan fingerprint density at radius 1 is 1.24 bits per heavy atom. The molecule has 1 aliphatic rings. The molecule has 1 atom stereocenters. The second-order valence-electron chi connectivity index (χ2n) is 7.99. The lowest BCUT2D eigenvalue weighted by Crippen LogP contribution is -2.37. The summed E-state index contributed by atoms with van der Waals surface area (Å²) in [4.78, 5) is 30.2. The first-order chi connectivity index (χ1) is 16.1. The second-order valence-corrected chi connectivity index (χ2v) is 8.39. The summed E-state index contributed by atoms with van der Waals surface area (Å²) < 4.78 is 15.4. The number of aromatic nitrogens is 5. The molecule has 0 saturated carbocycles. The molecular formula is C23H21ClFN7O. The summed E-state index contributed by atoms with van der Waals surface area (Å²) in [5, 5.41) is 6.51. The van der Waals surface area contributed by atoms with Gasteiger partial charge >= 0.3 is 0 Å². The molecule has 4 heterocycles. The van der Waals surface area contributed by atoms with E-state index in [9.17, 15) is 9.18 Å². The van der Waals surface area contributed by atoms with Gasteiger partial charge in [0.05, 0.1) is 35.7 Å². The molecule has 0 aliphatic carbocycles. The van der Waals surface area contributed by atoms with Gasteiger partial charge in [-0.25, -0.2) is 24.3 Å². The number of amides is 1. The Bertz CT molecular complexity index is 1320. The smallest absolute Gasteiger partial charge is 0.229 e. The minimum Gasteiger partial charge on any atom is -0.316 e. The summed E-state index contributed by atoms with van der Waals surface area (Å²) >= 11 is 6.41. The van der Waals surface area contributed by atoms with E-state index >= 15 is 0 Å². The van der Waals surface area contributed by atoms with Crippen LogP contribution in [0.3, 0.4) is 0 Å². The number of rotatable bonds is 5. The zero-order chi connectivity index (χ0) is 22.8. The third-order valence-electron chi connectivity index (χ3n) is 5.62. The number of piperidine rings is 1. The summed E-state index contributed by atoms with van der Waals surface area (Å²) in [5.74, 6) is -0.0587. The number of nitrogens with one attached hydrogen (secondary N) is 2. The van der Waals surface area contributed by atoms with Crippen molar-refractivity contribution in [1.82, 2.24) is 29.8 Å². The highest BCUT2D eigenvalue weighted by Gasteiger charge is 2.22. The molecule has 4 aromatic rings. The average Bonchev–Trinajstić information content (AvgIpc) is 3.23. The molecule has 2 N–H and O–H groups in total. The van der Waals surface area contributed by atoms with Crippen molar-refractivity contribution in [3.63, 3.8) is 0 Å². The Morgan fingerprint density at radius 2 is 2.15 bits per heavy atom. The average molecular weight is 466 g/mol. The van der Waals surface area contributed by atoms with E-state index in [0.717, 1.165) is 24.9 Å². The Labute approximate surface area is 194 Å². The normalized spacial score (nSPS) is 16.1. The van der Waals surface area contributed by atoms with Crippen LogP contribution in [-0.2, 0) is 11.3 Å². The number of fused-ring (bicyclic) bond motifs is 1. The molecule has 168 valence electrons. The number of carbonyl (C=O) groups is 1. The number of halogens is 2. The molecule has 10 heteroatoms. The number of pyridine rings is 1. The summed E-state index contributed by atoms with van der Waals surface area (Å²) in [6.07, 6.45) is 6.51. The predicted octanol–water partition coefficient (Wildman–Crippen LogP) is 3.67. The molecule has 33 heavy (non-hydrogen) atoms. The summed E-state index contributed by atoms with van der Waals surface area (Å²) in [7, 11) is 0. The van der Waals surface area contributed by atoms with E-state index in [1.165, 1.54) is 18.3 Å². The van der Waals surface area contributed by atoms with Crippen molar-refractivity contribution in [1.29, 1.82) is 0 Å². The van der Waals surface area contributed by atoms with Gasteiger partial charge in [-0.05, 0) is 43.1 Å². The minimum atomic E-state index is -0.300. The van der Waals surface area contributed by atoms with Crippen LogP contribution in [0, 0.1) is 11.7 Å². The van der Waals surface area contributed by atoms with Crippen LogP contribution < -0.4 is 10.6 Å². The SMILES string of the molecule is O=C(Nc1cc(-c2cnc3ncn(Cc4cccc(F)c4)c3n2)c(Cl)cn1)C1CCCNC1. The lowest BCUT2D eigenvalue weighted by Gasteiger charge is -2.21. The zero-order valence-corrected chi connectivity index (χ0v) is 18.4. The quantitative estimate of drug-likeness (QED) is 0.466. The van der Waals surface area contributed by atoms with Crippen LogP contribution in [0.5, 0.6) is 0 Å². The fourth-order valence-corrected chi connectivity index (χ4v) is 4.12. The molecule has 1 amide bonds. The second kappa shape index (κ2) is 9.21. The van der Waals surface area contributed by atoms with Crippen LogP contribution in [-0.4, -0.2) is 43.5 Å². The minimum absolute atomic E-state index is 0.0716. The van der Waals surface area contributed by atoms with E-state index in [0.29, 0.717) is 46.5 Å². The van der Waals surface area contributed by atoms with E-state index in [1.54, 1.807) is 29.2 Å². The van der Waals surface area contributed by atoms with Crippen LogP contribution in [0.25, 0.3) is 22.6 Å². The van der Waals surface area contributed by atoms with Gasteiger partial charge in [0, 0.05) is 18.3 Å². The molecule has 1 unspecified atom stereocenters. The molecule has 0 radical (unpaired) electrons. The van der Waals surface area contributed by atoms with Crippen LogP contribution in [0.2, 0.25) is 5.02 Å². The molecule has 3 aromatic heterocycles. The molecule has 0 bridgehead atoms. The number of carbonyl (C=O) groups excluding carboxylic acids is 1. The van der Waals surface area contributed by atoms with Crippen LogP contribution in [0.4, 0.5) is 10.2 Å². The molecule has 0 spiro atoms. The van der Waals surface area contributed by atoms with Crippen molar-refractivity contribution in [2.75, 3.05) is 18.4 Å². The summed E-state index contributed by atoms with van der Waals surface area (Å²) in [6, 6.07) is 8.07. The number of imidazole rings is 1. The Hall–Kier alpha value is -3.43. The van der Waals surface area contributed by atoms with E-state index in [1.807, 2.05) is 6.07 Å². The van der Waals surface area contributed by atoms with Gasteiger partial charge in [0.15, 0.2) is 11.3 Å². The summed E-state index contributed by atoms with van der Waals surface area (Å²) in [5.41, 5.74) is 2.91. The zero-order valence-electron chi connectivity index (χ0n) is 17.6. The highest BCUT2D eigenvalue weighted by molar-refractivity contribution is 6.33. The van der Waals surface area contributed by atoms with Crippen molar-refractivity contribution in [2.45, 2.75) is 19.4 Å². The van der Waals surface area contributed by atoms with Gasteiger partial charge in [-0.2, -0.15) is 0 Å². The number of anilines is 1. The number of benzene rings is 1. The fraction of sp³-hybridized carbons (Fsp3) is 0.261. The van der Waals surface area contributed by atoms with E-state index in [4.69, 9.17) is 16.6 Å². The van der Waals surface area contributed by atoms with Crippen LogP contribution in [0.1, 0.15) is 18.4 Å². The largest absolute Gasteiger partial charge is 0.316 e. The molecule has 8 nitrogen and oxygen atoms in total. The van der Waals surface area contributed by atoms with Crippen molar-refractivity contribution < 1.29 is 9.18 Å². The number of hydrogen-bond acceptors (Lipinski definition) is 6. The first-order valence-corrected chi connectivity index (χ1v) is 11.0. The van der Waals surface area contributed by atoms with Crippen molar-refractivity contribution in [3.8, 4) is 11.3 Å². The fourth-order valence-electron chi connectivity index (χ4n) is 3.92. The molecule has 5 rings (SSSR count). The Balaban J connectivity index is 1.43. The van der Waals surface area contributed by atoms with Gasteiger partial charge in [-0.15, -0.1) is 0 Å². The highest BCUT2D eigenvalue weighted by atomic mass is 35.5. The first-order valence-electron chi connectivity index (χ1n) is 10.7. The Kier molecular flexibility index (Phi) is 5.97. The van der Waals surface area contributed by atoms with Gasteiger partial charge in [0.2, 0.25) is 5.91 Å². The van der Waals surface area contributed by atoms with Gasteiger partial charge in [0.25, 0.3) is 0 Å². The maximum atomic E-state index is 13.6. The van der Waals surface area contributed by atoms with E-state index < -0.39 is 0 Å². The molecule has 1 saturated heterocycles. The maximum Gasteiger partial charge on any atom is 0.229 e. The van der Waals surface area contributed by atoms with Crippen molar-refractivity contribution >= 4 is 34.6 Å². The molecule has 1 aliphatic heterocycles. The molecular weight excluding hydrogens is 445 g/mol. The number of hydrogen-bond donors (Lipinski definition) is 2. The predicted molar refractivity (Wildman–Crippen MR) is 123 cm³/mol. The number of nitrogens with zero attached hydrogens (tertiary/aromatic N) is 5. The highest BCUT2D eigenvalue weighted by Crippen LogP contribution is 2.29. The molecule has 1 fully saturated rings. The lowest BCUT2D eigenvalue weighted by molar-refractivity contribution is -0.120. The van der Waals surface area contributed by atoms with Crippen LogP contribution in [0.15, 0.2) is 49.1 Å². The Morgan fingerprint density at radius 3 is 2.97 bits per heavy atom. The third-order valence-corrected chi connectivity index (χ3v) is 5.92. The summed E-state index contributed by atoms with van der Waals surface area (Å²) in [6.45, 7) is 1.99. The van der Waals surface area contributed by atoms with Crippen molar-refractivity contribution in [2.24, 2.45) is 5.92 Å². The molecule has 1 aromatic carbocycles. The lowest BCUT2D eigenvalue weighted by atomic mass is 9.99. The van der Waals surface area contributed by atoms with Gasteiger partial charge in [0.1, 0.15) is 11.6 Å². The van der Waals surface area contributed by atoms with Gasteiger partial charge in [-0.1, -0.05) is 23.7 Å². The van der Waals surface area contributed by atoms with E-state index in [2.05, 4.69) is 25.6 Å². The maximum absolute atomic E-state index is 13.6.